The zero-order chi connectivity index (χ0) is 7.40. The van der Waals surface area contributed by atoms with E-state index in [1.807, 2.05) is 0 Å². The van der Waals surface area contributed by atoms with Crippen LogP contribution in [0.25, 0.3) is 0 Å². The van der Waals surface area contributed by atoms with Crippen LogP contribution in [0.1, 0.15) is 24.5 Å². The van der Waals surface area contributed by atoms with Gasteiger partial charge in [0, 0.05) is 0 Å². The van der Waals surface area contributed by atoms with Crippen LogP contribution >= 0.6 is 0 Å². The van der Waals surface area contributed by atoms with Crippen molar-refractivity contribution in [3.63, 3.8) is 0 Å². The molecule has 11 heavy (non-hydrogen) atoms. The van der Waals surface area contributed by atoms with E-state index in [1.54, 1.807) is 0 Å². The molecule has 0 saturated heterocycles. The summed E-state index contributed by atoms with van der Waals surface area (Å²) in [7, 11) is 0. The van der Waals surface area contributed by atoms with Crippen molar-refractivity contribution in [3.05, 3.63) is 35.4 Å². The van der Waals surface area contributed by atoms with Crippen LogP contribution in [0.15, 0.2) is 24.3 Å². The van der Waals surface area contributed by atoms with Gasteiger partial charge < -0.3 is 5.48 Å². The van der Waals surface area contributed by atoms with Crippen LogP contribution < -0.4 is 0 Å². The van der Waals surface area contributed by atoms with Gasteiger partial charge >= 0.3 is 0 Å². The van der Waals surface area contributed by atoms with Gasteiger partial charge in [-0.2, -0.15) is 0 Å². The summed E-state index contributed by atoms with van der Waals surface area (Å²) in [6.45, 7) is 4.33. The Morgan fingerprint density at radius 2 is 1.64 bits per heavy atom. The molecule has 62 valence electrons. The molecular formula is C10H16O. The zero-order valence-corrected chi connectivity index (χ0v) is 7.22. The molecule has 0 amide bonds. The standard InChI is InChI=1S/C10H14.H2O/c1-3-4-10-7-5-9(2)6-8-10;/h5-8H,3-4H2,1-2H3;1H2. The van der Waals surface area contributed by atoms with E-state index in [-0.39, 0.29) is 5.48 Å². The molecule has 0 fully saturated rings. The smallest absolute Gasteiger partial charge is 0.0281 e. The molecule has 1 aromatic rings. The molecule has 0 unspecified atom stereocenters. The molecule has 0 aliphatic carbocycles. The van der Waals surface area contributed by atoms with Crippen molar-refractivity contribution in [1.82, 2.24) is 0 Å². The predicted molar refractivity (Wildman–Crippen MR) is 48.8 cm³/mol. The van der Waals surface area contributed by atoms with Gasteiger partial charge in [-0.15, -0.1) is 0 Å². The van der Waals surface area contributed by atoms with E-state index >= 15 is 0 Å². The van der Waals surface area contributed by atoms with Gasteiger partial charge in [0.15, 0.2) is 0 Å². The maximum atomic E-state index is 2.21. The Morgan fingerprint density at radius 1 is 1.09 bits per heavy atom. The van der Waals surface area contributed by atoms with Crippen molar-refractivity contribution in [2.75, 3.05) is 0 Å². The van der Waals surface area contributed by atoms with Crippen LogP contribution in [-0.4, -0.2) is 5.48 Å². The van der Waals surface area contributed by atoms with Crippen LogP contribution in [0.2, 0.25) is 0 Å². The van der Waals surface area contributed by atoms with Gasteiger partial charge in [0.25, 0.3) is 0 Å². The third kappa shape index (κ3) is 3.19. The number of rotatable bonds is 2. The van der Waals surface area contributed by atoms with E-state index < -0.39 is 0 Å². The molecule has 1 nitrogen and oxygen atoms in total. The molecule has 0 spiro atoms. The fourth-order valence-corrected chi connectivity index (χ4v) is 1.04. The number of benzene rings is 1. The summed E-state index contributed by atoms with van der Waals surface area (Å²) in [6, 6.07) is 8.76. The van der Waals surface area contributed by atoms with Crippen LogP contribution in [0, 0.1) is 6.92 Å². The van der Waals surface area contributed by atoms with Gasteiger partial charge in [-0.1, -0.05) is 43.2 Å². The molecule has 1 rings (SSSR count). The minimum Gasteiger partial charge on any atom is -0.412 e. The van der Waals surface area contributed by atoms with E-state index in [4.69, 9.17) is 0 Å². The van der Waals surface area contributed by atoms with Crippen molar-refractivity contribution in [2.24, 2.45) is 0 Å². The Kier molecular flexibility index (Phi) is 4.55. The summed E-state index contributed by atoms with van der Waals surface area (Å²) < 4.78 is 0. The molecule has 0 heterocycles. The highest BCUT2D eigenvalue weighted by atomic mass is 16.0. The van der Waals surface area contributed by atoms with Gasteiger partial charge in [-0.05, 0) is 18.9 Å². The minimum absolute atomic E-state index is 0. The highest BCUT2D eigenvalue weighted by Crippen LogP contribution is 2.04. The SMILES string of the molecule is CCCc1ccc(C)cc1.O. The van der Waals surface area contributed by atoms with Gasteiger partial charge in [0.1, 0.15) is 0 Å². The second kappa shape index (κ2) is 4.91. The lowest BCUT2D eigenvalue weighted by Gasteiger charge is -1.97. The lowest BCUT2D eigenvalue weighted by molar-refractivity contribution is 0.824. The van der Waals surface area contributed by atoms with Crippen molar-refractivity contribution in [1.29, 1.82) is 0 Å². The van der Waals surface area contributed by atoms with Crippen molar-refractivity contribution < 1.29 is 5.48 Å². The fourth-order valence-electron chi connectivity index (χ4n) is 1.04. The Balaban J connectivity index is 0.000001000. The fraction of sp³-hybridized carbons (Fsp3) is 0.400. The third-order valence-corrected chi connectivity index (χ3v) is 1.66. The van der Waals surface area contributed by atoms with Crippen molar-refractivity contribution >= 4 is 0 Å². The van der Waals surface area contributed by atoms with Crippen molar-refractivity contribution in [2.45, 2.75) is 26.7 Å². The zero-order valence-electron chi connectivity index (χ0n) is 7.22. The molecule has 2 N–H and O–H groups in total. The first-order chi connectivity index (χ1) is 4.83. The molecule has 0 aliphatic rings. The summed E-state index contributed by atoms with van der Waals surface area (Å²) in [6.07, 6.45) is 2.45. The van der Waals surface area contributed by atoms with E-state index in [1.165, 1.54) is 24.0 Å². The normalized spacial score (nSPS) is 8.91. The Hall–Kier alpha value is -0.820. The molecule has 0 atom stereocenters. The second-order valence-electron chi connectivity index (χ2n) is 2.74. The minimum atomic E-state index is 0. The lowest BCUT2D eigenvalue weighted by atomic mass is 10.1. The average Bonchev–Trinajstić information content (AvgIpc) is 1.95. The molecule has 0 bridgehead atoms. The monoisotopic (exact) mass is 152 g/mol. The van der Waals surface area contributed by atoms with E-state index in [9.17, 15) is 0 Å². The second-order valence-corrected chi connectivity index (χ2v) is 2.74. The number of hydrogen-bond donors (Lipinski definition) is 0. The average molecular weight is 152 g/mol. The molecule has 1 heteroatoms. The quantitative estimate of drug-likeness (QED) is 0.621. The summed E-state index contributed by atoms with van der Waals surface area (Å²) in [5.41, 5.74) is 2.80. The highest BCUT2D eigenvalue weighted by molar-refractivity contribution is 5.21. The predicted octanol–water partition coefficient (Wildman–Crippen LogP) is 2.12. The van der Waals surface area contributed by atoms with Crippen molar-refractivity contribution in [3.8, 4) is 0 Å². The molecule has 0 aliphatic heterocycles. The lowest BCUT2D eigenvalue weighted by Crippen LogP contribution is -1.81. The van der Waals surface area contributed by atoms with Crippen LogP contribution in [0.5, 0.6) is 0 Å². The summed E-state index contributed by atoms with van der Waals surface area (Å²) in [5, 5.41) is 0. The highest BCUT2D eigenvalue weighted by Gasteiger charge is 1.87. The van der Waals surface area contributed by atoms with E-state index in [0.717, 1.165) is 0 Å². The van der Waals surface area contributed by atoms with E-state index in [0.29, 0.717) is 0 Å². The third-order valence-electron chi connectivity index (χ3n) is 1.66. The maximum Gasteiger partial charge on any atom is -0.0281 e. The maximum absolute atomic E-state index is 2.21. The molecule has 0 saturated carbocycles. The van der Waals surface area contributed by atoms with Gasteiger partial charge in [0.2, 0.25) is 0 Å². The largest absolute Gasteiger partial charge is 0.412 e. The molecule has 1 aromatic carbocycles. The van der Waals surface area contributed by atoms with Gasteiger partial charge in [0.05, 0.1) is 0 Å². The summed E-state index contributed by atoms with van der Waals surface area (Å²) in [5.74, 6) is 0. The number of aryl methyl sites for hydroxylation is 2. The first kappa shape index (κ1) is 10.2. The Bertz CT molecular complexity index is 189. The van der Waals surface area contributed by atoms with Gasteiger partial charge in [-0.3, -0.25) is 0 Å². The van der Waals surface area contributed by atoms with Crippen LogP contribution in [0.4, 0.5) is 0 Å². The molecular weight excluding hydrogens is 136 g/mol. The van der Waals surface area contributed by atoms with Gasteiger partial charge in [-0.25, -0.2) is 0 Å². The Morgan fingerprint density at radius 3 is 2.09 bits per heavy atom. The first-order valence-corrected chi connectivity index (χ1v) is 3.88. The Labute approximate surface area is 68.4 Å². The molecule has 0 radical (unpaired) electrons. The first-order valence-electron chi connectivity index (χ1n) is 3.88. The summed E-state index contributed by atoms with van der Waals surface area (Å²) >= 11 is 0. The number of hydrogen-bond acceptors (Lipinski definition) is 0. The van der Waals surface area contributed by atoms with E-state index in [2.05, 4.69) is 38.1 Å². The van der Waals surface area contributed by atoms with Crippen LogP contribution in [0.3, 0.4) is 0 Å². The molecule has 0 aromatic heterocycles. The summed E-state index contributed by atoms with van der Waals surface area (Å²) in [4.78, 5) is 0. The topological polar surface area (TPSA) is 31.5 Å². The van der Waals surface area contributed by atoms with Crippen LogP contribution in [-0.2, 0) is 6.42 Å².